The normalized spacial score (nSPS) is 12.4. The summed E-state index contributed by atoms with van der Waals surface area (Å²) in [5.41, 5.74) is 0.0785. The Bertz CT molecular complexity index is 327. The molecule has 84 valence electrons. The first-order valence-electron chi connectivity index (χ1n) is 4.61. The number of nitrogens with one attached hydrogen (secondary N) is 1. The van der Waals surface area contributed by atoms with E-state index in [9.17, 15) is 4.79 Å². The number of carboxylic acid groups (broad SMARTS) is 1. The second-order valence-electron chi connectivity index (χ2n) is 3.05. The molecule has 0 aromatic carbocycles. The molecule has 0 radical (unpaired) electrons. The number of hydrogen-bond acceptors (Lipinski definition) is 5. The van der Waals surface area contributed by atoms with Crippen molar-refractivity contribution in [1.82, 2.24) is 4.98 Å². The third-order valence-electron chi connectivity index (χ3n) is 1.91. The Morgan fingerprint density at radius 2 is 2.53 bits per heavy atom. The predicted molar refractivity (Wildman–Crippen MR) is 58.7 cm³/mol. The molecule has 6 heteroatoms. The number of carboxylic acids is 1. The smallest absolute Gasteiger partial charge is 0.355 e. The van der Waals surface area contributed by atoms with Gasteiger partial charge in [0, 0.05) is 12.5 Å². The molecule has 15 heavy (non-hydrogen) atoms. The van der Waals surface area contributed by atoms with Gasteiger partial charge in [-0.1, -0.05) is 6.92 Å². The van der Waals surface area contributed by atoms with Crippen LogP contribution < -0.4 is 5.32 Å². The molecule has 0 aliphatic heterocycles. The minimum atomic E-state index is -1.00. The van der Waals surface area contributed by atoms with Crippen LogP contribution in [0.3, 0.4) is 0 Å². The van der Waals surface area contributed by atoms with Crippen LogP contribution in [0.5, 0.6) is 0 Å². The standard InChI is InChI=1S/C9H14N2O3S/c1-3-6(4-14-2)10-9-11-7(5-15-9)8(12)13/h5-6H,3-4H2,1-2H3,(H,10,11)(H,12,13). The number of rotatable bonds is 6. The van der Waals surface area contributed by atoms with Gasteiger partial charge in [-0.3, -0.25) is 0 Å². The lowest BCUT2D eigenvalue weighted by Crippen LogP contribution is -2.23. The summed E-state index contributed by atoms with van der Waals surface area (Å²) >= 11 is 1.29. The van der Waals surface area contributed by atoms with Crippen LogP contribution in [-0.2, 0) is 4.74 Å². The number of anilines is 1. The topological polar surface area (TPSA) is 71.5 Å². The number of aromatic nitrogens is 1. The van der Waals surface area contributed by atoms with Crippen LogP contribution >= 0.6 is 11.3 Å². The molecule has 1 aromatic heterocycles. The molecular formula is C9H14N2O3S. The van der Waals surface area contributed by atoms with Gasteiger partial charge in [0.05, 0.1) is 12.6 Å². The molecule has 0 saturated heterocycles. The number of thiazole rings is 1. The van der Waals surface area contributed by atoms with Crippen molar-refractivity contribution in [3.8, 4) is 0 Å². The summed E-state index contributed by atoms with van der Waals surface area (Å²) in [5, 5.41) is 13.9. The number of hydrogen-bond donors (Lipinski definition) is 2. The van der Waals surface area contributed by atoms with Crippen molar-refractivity contribution in [3.63, 3.8) is 0 Å². The van der Waals surface area contributed by atoms with Crippen molar-refractivity contribution < 1.29 is 14.6 Å². The molecule has 1 heterocycles. The molecule has 0 spiro atoms. The highest BCUT2D eigenvalue weighted by Crippen LogP contribution is 2.17. The molecule has 1 atom stereocenters. The second-order valence-corrected chi connectivity index (χ2v) is 3.91. The molecule has 0 amide bonds. The molecule has 1 aromatic rings. The van der Waals surface area contributed by atoms with Gasteiger partial charge < -0.3 is 15.2 Å². The van der Waals surface area contributed by atoms with E-state index in [-0.39, 0.29) is 11.7 Å². The quantitative estimate of drug-likeness (QED) is 0.778. The molecule has 0 bridgehead atoms. The van der Waals surface area contributed by atoms with Crippen molar-refractivity contribution in [2.45, 2.75) is 19.4 Å². The van der Waals surface area contributed by atoms with E-state index < -0.39 is 5.97 Å². The molecular weight excluding hydrogens is 216 g/mol. The van der Waals surface area contributed by atoms with Crippen LogP contribution in [0.25, 0.3) is 0 Å². The van der Waals surface area contributed by atoms with E-state index in [0.29, 0.717) is 11.7 Å². The van der Waals surface area contributed by atoms with Crippen molar-refractivity contribution in [1.29, 1.82) is 0 Å². The summed E-state index contributed by atoms with van der Waals surface area (Å²) in [7, 11) is 1.63. The summed E-state index contributed by atoms with van der Waals surface area (Å²) in [6.45, 7) is 2.61. The third kappa shape index (κ3) is 3.49. The van der Waals surface area contributed by atoms with E-state index in [1.807, 2.05) is 6.92 Å². The molecule has 5 nitrogen and oxygen atoms in total. The lowest BCUT2D eigenvalue weighted by molar-refractivity contribution is 0.0691. The molecule has 0 aliphatic carbocycles. The Kier molecular flexibility index (Phi) is 4.51. The van der Waals surface area contributed by atoms with Gasteiger partial charge in [-0.25, -0.2) is 9.78 Å². The fraction of sp³-hybridized carbons (Fsp3) is 0.556. The van der Waals surface area contributed by atoms with Crippen LogP contribution in [0.15, 0.2) is 5.38 Å². The number of ether oxygens (including phenoxy) is 1. The lowest BCUT2D eigenvalue weighted by Gasteiger charge is -2.14. The van der Waals surface area contributed by atoms with Gasteiger partial charge in [0.15, 0.2) is 10.8 Å². The van der Waals surface area contributed by atoms with Gasteiger partial charge in [0.25, 0.3) is 0 Å². The van der Waals surface area contributed by atoms with Crippen molar-refractivity contribution >= 4 is 22.4 Å². The highest BCUT2D eigenvalue weighted by molar-refractivity contribution is 7.13. The van der Waals surface area contributed by atoms with Gasteiger partial charge >= 0.3 is 5.97 Å². The summed E-state index contributed by atoms with van der Waals surface area (Å²) in [6.07, 6.45) is 0.899. The number of aromatic carboxylic acids is 1. The van der Waals surface area contributed by atoms with E-state index in [4.69, 9.17) is 9.84 Å². The third-order valence-corrected chi connectivity index (χ3v) is 2.69. The summed E-state index contributed by atoms with van der Waals surface area (Å²) in [4.78, 5) is 14.5. The van der Waals surface area contributed by atoms with Crippen LogP contribution in [-0.4, -0.2) is 35.8 Å². The highest BCUT2D eigenvalue weighted by Gasteiger charge is 2.11. The fourth-order valence-corrected chi connectivity index (χ4v) is 1.84. The fourth-order valence-electron chi connectivity index (χ4n) is 1.08. The summed E-state index contributed by atoms with van der Waals surface area (Å²) in [6, 6.07) is 0.169. The van der Waals surface area contributed by atoms with E-state index in [1.54, 1.807) is 7.11 Å². The van der Waals surface area contributed by atoms with Crippen molar-refractivity contribution in [2.24, 2.45) is 0 Å². The summed E-state index contributed by atoms with van der Waals surface area (Å²) in [5.74, 6) is -1.00. The minimum absolute atomic E-state index is 0.0785. The van der Waals surface area contributed by atoms with Gasteiger partial charge in [-0.05, 0) is 6.42 Å². The van der Waals surface area contributed by atoms with Crippen LogP contribution in [0.1, 0.15) is 23.8 Å². The van der Waals surface area contributed by atoms with Gasteiger partial charge in [-0.15, -0.1) is 11.3 Å². The maximum absolute atomic E-state index is 10.6. The monoisotopic (exact) mass is 230 g/mol. The minimum Gasteiger partial charge on any atom is -0.476 e. The average molecular weight is 230 g/mol. The molecule has 1 rings (SSSR count). The molecule has 0 fully saturated rings. The molecule has 0 saturated carbocycles. The van der Waals surface area contributed by atoms with Crippen molar-refractivity contribution in [2.75, 3.05) is 19.0 Å². The van der Waals surface area contributed by atoms with Crippen LogP contribution in [0.4, 0.5) is 5.13 Å². The Morgan fingerprint density at radius 3 is 3.00 bits per heavy atom. The Morgan fingerprint density at radius 1 is 1.80 bits per heavy atom. The Hall–Kier alpha value is -1.14. The summed E-state index contributed by atoms with van der Waals surface area (Å²) < 4.78 is 5.02. The average Bonchev–Trinajstić information content (AvgIpc) is 2.65. The molecule has 2 N–H and O–H groups in total. The van der Waals surface area contributed by atoms with E-state index in [2.05, 4.69) is 10.3 Å². The van der Waals surface area contributed by atoms with Gasteiger partial charge in [-0.2, -0.15) is 0 Å². The second kappa shape index (κ2) is 5.67. The first-order valence-corrected chi connectivity index (χ1v) is 5.49. The van der Waals surface area contributed by atoms with E-state index in [0.717, 1.165) is 6.42 Å². The number of carbonyl (C=O) groups is 1. The molecule has 1 unspecified atom stereocenters. The predicted octanol–water partition coefficient (Wildman–Crippen LogP) is 1.68. The molecule has 0 aliphatic rings. The largest absolute Gasteiger partial charge is 0.476 e. The maximum atomic E-state index is 10.6. The first kappa shape index (κ1) is 11.9. The zero-order chi connectivity index (χ0) is 11.3. The number of nitrogens with zero attached hydrogens (tertiary/aromatic N) is 1. The van der Waals surface area contributed by atoms with Crippen LogP contribution in [0, 0.1) is 0 Å². The lowest BCUT2D eigenvalue weighted by atomic mass is 10.2. The van der Waals surface area contributed by atoms with Crippen molar-refractivity contribution in [3.05, 3.63) is 11.1 Å². The zero-order valence-corrected chi connectivity index (χ0v) is 9.50. The zero-order valence-electron chi connectivity index (χ0n) is 8.69. The van der Waals surface area contributed by atoms with E-state index in [1.165, 1.54) is 16.7 Å². The van der Waals surface area contributed by atoms with E-state index >= 15 is 0 Å². The Balaban J connectivity index is 2.59. The maximum Gasteiger partial charge on any atom is 0.355 e. The van der Waals surface area contributed by atoms with Crippen LogP contribution in [0.2, 0.25) is 0 Å². The van der Waals surface area contributed by atoms with Gasteiger partial charge in [0.2, 0.25) is 0 Å². The number of methoxy groups -OCH3 is 1. The Labute approximate surface area is 92.1 Å². The van der Waals surface area contributed by atoms with Gasteiger partial charge in [0.1, 0.15) is 0 Å². The highest BCUT2D eigenvalue weighted by atomic mass is 32.1. The first-order chi connectivity index (χ1) is 7.17. The SMILES string of the molecule is CCC(COC)Nc1nc(C(=O)O)cs1.